The first-order valence-electron chi connectivity index (χ1n) is 10.6. The standard InChI is InChI=1S/C26H20N2O7S/c1-33-22-14-20(34-15-23(29)30)10-7-16(22)13-21-24(31)27-26(36)28(25(21)32)17-8-11-19(12-9-17)35-18-5-3-2-4-6-18/h2-14H,15H2,1H3,(H,29,30)(H,27,31,36). The van der Waals surface area contributed by atoms with Crippen LogP contribution in [0.2, 0.25) is 0 Å². The van der Waals surface area contributed by atoms with Crippen molar-refractivity contribution < 1.29 is 33.7 Å². The van der Waals surface area contributed by atoms with Crippen LogP contribution in [0.4, 0.5) is 5.69 Å². The molecule has 36 heavy (non-hydrogen) atoms. The molecule has 3 aromatic carbocycles. The summed E-state index contributed by atoms with van der Waals surface area (Å²) < 4.78 is 16.3. The monoisotopic (exact) mass is 504 g/mol. The maximum Gasteiger partial charge on any atom is 0.341 e. The van der Waals surface area contributed by atoms with Crippen molar-refractivity contribution in [3.63, 3.8) is 0 Å². The van der Waals surface area contributed by atoms with Crippen molar-refractivity contribution in [2.24, 2.45) is 0 Å². The summed E-state index contributed by atoms with van der Waals surface area (Å²) in [5.41, 5.74) is 0.699. The maximum atomic E-state index is 13.3. The molecule has 10 heteroatoms. The van der Waals surface area contributed by atoms with Gasteiger partial charge in [0.2, 0.25) is 0 Å². The molecule has 1 aliphatic heterocycles. The first-order valence-corrected chi connectivity index (χ1v) is 11.0. The molecule has 0 aromatic heterocycles. The number of para-hydroxylation sites is 1. The normalized spacial score (nSPS) is 14.4. The highest BCUT2D eigenvalue weighted by molar-refractivity contribution is 7.80. The van der Waals surface area contributed by atoms with Gasteiger partial charge in [0.05, 0.1) is 12.8 Å². The number of hydrogen-bond donors (Lipinski definition) is 2. The molecule has 2 N–H and O–H groups in total. The molecule has 182 valence electrons. The largest absolute Gasteiger partial charge is 0.496 e. The van der Waals surface area contributed by atoms with E-state index < -0.39 is 24.4 Å². The van der Waals surface area contributed by atoms with Gasteiger partial charge in [0.25, 0.3) is 11.8 Å². The highest BCUT2D eigenvalue weighted by Gasteiger charge is 2.34. The Morgan fingerprint density at radius 3 is 2.33 bits per heavy atom. The van der Waals surface area contributed by atoms with Gasteiger partial charge in [0.15, 0.2) is 11.7 Å². The fourth-order valence-corrected chi connectivity index (χ4v) is 3.66. The summed E-state index contributed by atoms with van der Waals surface area (Å²) in [5.74, 6) is -0.618. The molecule has 4 rings (SSSR count). The molecule has 0 aliphatic carbocycles. The van der Waals surface area contributed by atoms with Crippen LogP contribution < -0.4 is 24.4 Å². The predicted molar refractivity (Wildman–Crippen MR) is 135 cm³/mol. The SMILES string of the molecule is COc1cc(OCC(=O)O)ccc1C=C1C(=O)NC(=S)N(c2ccc(Oc3ccccc3)cc2)C1=O. The zero-order valence-corrected chi connectivity index (χ0v) is 19.8. The van der Waals surface area contributed by atoms with Crippen LogP contribution in [-0.4, -0.2) is 41.7 Å². The summed E-state index contributed by atoms with van der Waals surface area (Å²) in [6.45, 7) is -0.522. The van der Waals surface area contributed by atoms with E-state index >= 15 is 0 Å². The van der Waals surface area contributed by atoms with Gasteiger partial charge in [0.1, 0.15) is 28.6 Å². The van der Waals surface area contributed by atoms with Gasteiger partial charge in [-0.15, -0.1) is 0 Å². The third-order valence-electron chi connectivity index (χ3n) is 5.04. The van der Waals surface area contributed by atoms with Crippen LogP contribution in [0, 0.1) is 0 Å². The topological polar surface area (TPSA) is 114 Å². The second kappa shape index (κ2) is 10.7. The number of hydrogen-bond acceptors (Lipinski definition) is 7. The Kier molecular flexibility index (Phi) is 7.26. The minimum atomic E-state index is -1.12. The summed E-state index contributed by atoms with van der Waals surface area (Å²) in [5, 5.41) is 11.3. The molecular weight excluding hydrogens is 484 g/mol. The first kappa shape index (κ1) is 24.4. The number of amides is 2. The highest BCUT2D eigenvalue weighted by atomic mass is 32.1. The van der Waals surface area contributed by atoms with Crippen molar-refractivity contribution in [1.82, 2.24) is 5.32 Å². The van der Waals surface area contributed by atoms with Crippen molar-refractivity contribution in [2.45, 2.75) is 0 Å². The Morgan fingerprint density at radius 1 is 1.00 bits per heavy atom. The van der Waals surface area contributed by atoms with Gasteiger partial charge >= 0.3 is 5.97 Å². The molecule has 0 radical (unpaired) electrons. The van der Waals surface area contributed by atoms with Gasteiger partial charge in [0, 0.05) is 11.6 Å². The van der Waals surface area contributed by atoms with E-state index in [1.54, 1.807) is 30.3 Å². The van der Waals surface area contributed by atoms with Crippen molar-refractivity contribution in [3.05, 3.63) is 83.9 Å². The molecule has 3 aromatic rings. The quantitative estimate of drug-likeness (QED) is 0.271. The van der Waals surface area contributed by atoms with Crippen molar-refractivity contribution in [2.75, 3.05) is 18.6 Å². The van der Waals surface area contributed by atoms with Crippen LogP contribution >= 0.6 is 12.2 Å². The van der Waals surface area contributed by atoms with Gasteiger partial charge in [-0.3, -0.25) is 19.8 Å². The van der Waals surface area contributed by atoms with E-state index in [0.29, 0.717) is 22.7 Å². The summed E-state index contributed by atoms with van der Waals surface area (Å²) in [4.78, 5) is 37.9. The predicted octanol–water partition coefficient (Wildman–Crippen LogP) is 3.78. The number of aliphatic carboxylic acids is 1. The Balaban J connectivity index is 1.59. The average Bonchev–Trinajstić information content (AvgIpc) is 2.87. The van der Waals surface area contributed by atoms with E-state index in [9.17, 15) is 14.4 Å². The van der Waals surface area contributed by atoms with Gasteiger partial charge in [-0.1, -0.05) is 18.2 Å². The maximum absolute atomic E-state index is 13.3. The number of carbonyl (C=O) groups excluding carboxylic acids is 2. The van der Waals surface area contributed by atoms with Gasteiger partial charge in [-0.05, 0) is 66.8 Å². The highest BCUT2D eigenvalue weighted by Crippen LogP contribution is 2.30. The molecule has 0 unspecified atom stereocenters. The summed E-state index contributed by atoms with van der Waals surface area (Å²) in [7, 11) is 1.40. The smallest absolute Gasteiger partial charge is 0.341 e. The molecule has 1 saturated heterocycles. The number of anilines is 1. The third-order valence-corrected chi connectivity index (χ3v) is 5.33. The Morgan fingerprint density at radius 2 is 1.67 bits per heavy atom. The summed E-state index contributed by atoms with van der Waals surface area (Å²) >= 11 is 5.26. The molecule has 2 amide bonds. The first-order chi connectivity index (χ1) is 17.4. The van der Waals surface area contributed by atoms with Crippen LogP contribution in [0.1, 0.15) is 5.56 Å². The number of benzene rings is 3. The number of rotatable bonds is 8. The van der Waals surface area contributed by atoms with Gasteiger partial charge < -0.3 is 19.3 Å². The molecule has 0 bridgehead atoms. The van der Waals surface area contributed by atoms with E-state index in [1.807, 2.05) is 30.3 Å². The van der Waals surface area contributed by atoms with Crippen LogP contribution in [-0.2, 0) is 14.4 Å². The van der Waals surface area contributed by atoms with E-state index in [4.69, 9.17) is 31.5 Å². The minimum Gasteiger partial charge on any atom is -0.496 e. The number of carboxylic acids is 1. The van der Waals surface area contributed by atoms with Crippen LogP contribution in [0.5, 0.6) is 23.0 Å². The van der Waals surface area contributed by atoms with E-state index in [1.165, 1.54) is 30.2 Å². The molecule has 1 fully saturated rings. The van der Waals surface area contributed by atoms with Gasteiger partial charge in [-0.25, -0.2) is 4.79 Å². The second-order valence-corrected chi connectivity index (χ2v) is 7.84. The number of nitrogens with one attached hydrogen (secondary N) is 1. The lowest BCUT2D eigenvalue weighted by molar-refractivity contribution is -0.139. The fourth-order valence-electron chi connectivity index (χ4n) is 3.38. The molecule has 1 aliphatic rings. The molecule has 0 spiro atoms. The molecule has 0 atom stereocenters. The van der Waals surface area contributed by atoms with Gasteiger partial charge in [-0.2, -0.15) is 0 Å². The number of carboxylic acid groups (broad SMARTS) is 1. The minimum absolute atomic E-state index is 0.0525. The zero-order valence-electron chi connectivity index (χ0n) is 19.0. The van der Waals surface area contributed by atoms with Crippen LogP contribution in [0.25, 0.3) is 6.08 Å². The lowest BCUT2D eigenvalue weighted by Gasteiger charge is -2.29. The molecule has 0 saturated carbocycles. The van der Waals surface area contributed by atoms with E-state index in [2.05, 4.69) is 5.32 Å². The number of ether oxygens (including phenoxy) is 3. The van der Waals surface area contributed by atoms with Crippen molar-refractivity contribution in [1.29, 1.82) is 0 Å². The number of thiocarbonyl (C=S) groups is 1. The van der Waals surface area contributed by atoms with Crippen molar-refractivity contribution >= 4 is 46.9 Å². The average molecular weight is 505 g/mol. The van der Waals surface area contributed by atoms with Crippen LogP contribution in [0.3, 0.4) is 0 Å². The number of carbonyl (C=O) groups is 3. The second-order valence-electron chi connectivity index (χ2n) is 7.45. The van der Waals surface area contributed by atoms with Crippen molar-refractivity contribution in [3.8, 4) is 23.0 Å². The van der Waals surface area contributed by atoms with Crippen LogP contribution in [0.15, 0.2) is 78.4 Å². The zero-order chi connectivity index (χ0) is 25.7. The fraction of sp³-hybridized carbons (Fsp3) is 0.0769. The number of nitrogens with zero attached hydrogens (tertiary/aromatic N) is 1. The lowest BCUT2D eigenvalue weighted by atomic mass is 10.1. The Bertz CT molecular complexity index is 1350. The Hall–Kier alpha value is -4.70. The molecule has 1 heterocycles. The molecular formula is C26H20N2O7S. The Labute approximate surface area is 211 Å². The lowest BCUT2D eigenvalue weighted by Crippen LogP contribution is -2.54. The summed E-state index contributed by atoms with van der Waals surface area (Å²) in [6.07, 6.45) is 1.37. The summed E-state index contributed by atoms with van der Waals surface area (Å²) in [6, 6.07) is 20.5. The third kappa shape index (κ3) is 5.50. The molecule has 9 nitrogen and oxygen atoms in total. The van der Waals surface area contributed by atoms with E-state index in [0.717, 1.165) is 0 Å². The van der Waals surface area contributed by atoms with E-state index in [-0.39, 0.29) is 22.2 Å². The number of methoxy groups -OCH3 is 1.